The average Bonchev–Trinajstić information content (AvgIpc) is 2.62. The molecule has 1 aromatic carbocycles. The van der Waals surface area contributed by atoms with Gasteiger partial charge in [-0.25, -0.2) is 8.78 Å². The van der Waals surface area contributed by atoms with E-state index in [1.54, 1.807) is 0 Å². The maximum atomic E-state index is 13.1. The first-order valence-corrected chi connectivity index (χ1v) is 6.15. The molecule has 0 bridgehead atoms. The van der Waals surface area contributed by atoms with Crippen molar-refractivity contribution < 1.29 is 8.78 Å². The summed E-state index contributed by atoms with van der Waals surface area (Å²) in [7, 11) is 0. The van der Waals surface area contributed by atoms with Gasteiger partial charge in [-0.15, -0.1) is 0 Å². The minimum absolute atomic E-state index is 0.000730. The second-order valence-corrected chi connectivity index (χ2v) is 5.21. The fourth-order valence-electron chi connectivity index (χ4n) is 2.51. The topological polar surface area (TPSA) is 26.0 Å². The van der Waals surface area contributed by atoms with Crippen molar-refractivity contribution in [1.29, 1.82) is 0 Å². The van der Waals surface area contributed by atoms with Gasteiger partial charge in [0.1, 0.15) is 0 Å². The van der Waals surface area contributed by atoms with Gasteiger partial charge >= 0.3 is 0 Å². The molecule has 94 valence electrons. The SMILES string of the molecule is Cc1ccc(CC(N)C2CCC(F)(F)C2)cc1. The number of aryl methyl sites for hydroxylation is 1. The van der Waals surface area contributed by atoms with Crippen LogP contribution < -0.4 is 5.73 Å². The molecule has 0 aliphatic heterocycles. The van der Waals surface area contributed by atoms with Crippen LogP contribution in [-0.4, -0.2) is 12.0 Å². The van der Waals surface area contributed by atoms with Crippen LogP contribution in [0, 0.1) is 12.8 Å². The molecule has 17 heavy (non-hydrogen) atoms. The highest BCUT2D eigenvalue weighted by Crippen LogP contribution is 2.40. The summed E-state index contributed by atoms with van der Waals surface area (Å²) in [4.78, 5) is 0. The van der Waals surface area contributed by atoms with Crippen LogP contribution in [-0.2, 0) is 6.42 Å². The molecule has 0 saturated heterocycles. The lowest BCUT2D eigenvalue weighted by molar-refractivity contribution is 0.00393. The van der Waals surface area contributed by atoms with Crippen molar-refractivity contribution in [3.63, 3.8) is 0 Å². The highest BCUT2D eigenvalue weighted by molar-refractivity contribution is 5.22. The van der Waals surface area contributed by atoms with Gasteiger partial charge < -0.3 is 5.73 Å². The Balaban J connectivity index is 1.93. The Morgan fingerprint density at radius 3 is 2.53 bits per heavy atom. The van der Waals surface area contributed by atoms with Crippen LogP contribution in [0.2, 0.25) is 0 Å². The smallest absolute Gasteiger partial charge is 0.248 e. The van der Waals surface area contributed by atoms with Crippen LogP contribution in [0.5, 0.6) is 0 Å². The maximum Gasteiger partial charge on any atom is 0.248 e. The molecule has 1 saturated carbocycles. The lowest BCUT2D eigenvalue weighted by Crippen LogP contribution is -2.31. The molecule has 2 rings (SSSR count). The lowest BCUT2D eigenvalue weighted by Gasteiger charge is -2.19. The van der Waals surface area contributed by atoms with Gasteiger partial charge in [0, 0.05) is 18.9 Å². The standard InChI is InChI=1S/C14H19F2N/c1-10-2-4-11(5-3-10)8-13(17)12-6-7-14(15,16)9-12/h2-5,12-13H,6-9,17H2,1H3. The minimum atomic E-state index is -2.49. The third-order valence-electron chi connectivity index (χ3n) is 3.64. The number of hydrogen-bond acceptors (Lipinski definition) is 1. The van der Waals surface area contributed by atoms with Crippen molar-refractivity contribution in [2.75, 3.05) is 0 Å². The van der Waals surface area contributed by atoms with Crippen LogP contribution >= 0.6 is 0 Å². The Hall–Kier alpha value is -0.960. The molecule has 0 spiro atoms. The Morgan fingerprint density at radius 2 is 2.00 bits per heavy atom. The largest absolute Gasteiger partial charge is 0.327 e. The van der Waals surface area contributed by atoms with E-state index in [0.29, 0.717) is 12.8 Å². The number of rotatable bonds is 3. The molecular formula is C14H19F2N. The number of hydrogen-bond donors (Lipinski definition) is 1. The Morgan fingerprint density at radius 1 is 1.35 bits per heavy atom. The van der Waals surface area contributed by atoms with Gasteiger partial charge in [0.05, 0.1) is 0 Å². The van der Waals surface area contributed by atoms with Gasteiger partial charge in [0.25, 0.3) is 0 Å². The number of halogens is 2. The van der Waals surface area contributed by atoms with Gasteiger partial charge in [0.15, 0.2) is 0 Å². The molecule has 2 atom stereocenters. The molecule has 1 fully saturated rings. The third kappa shape index (κ3) is 3.25. The monoisotopic (exact) mass is 239 g/mol. The molecule has 2 N–H and O–H groups in total. The van der Waals surface area contributed by atoms with Gasteiger partial charge in [-0.05, 0) is 31.2 Å². The second-order valence-electron chi connectivity index (χ2n) is 5.21. The quantitative estimate of drug-likeness (QED) is 0.860. The zero-order valence-corrected chi connectivity index (χ0v) is 10.1. The maximum absolute atomic E-state index is 13.1. The van der Waals surface area contributed by atoms with Crippen LogP contribution in [0.25, 0.3) is 0 Å². The van der Waals surface area contributed by atoms with Crippen molar-refractivity contribution in [2.24, 2.45) is 11.7 Å². The summed E-state index contributed by atoms with van der Waals surface area (Å²) in [6.45, 7) is 2.03. The first-order valence-electron chi connectivity index (χ1n) is 6.15. The number of alkyl halides is 2. The lowest BCUT2D eigenvalue weighted by atomic mass is 9.92. The van der Waals surface area contributed by atoms with Crippen molar-refractivity contribution in [2.45, 2.75) is 44.6 Å². The molecule has 0 heterocycles. The molecule has 0 amide bonds. The summed E-state index contributed by atoms with van der Waals surface area (Å²) >= 11 is 0. The van der Waals surface area contributed by atoms with Crippen molar-refractivity contribution in [3.05, 3.63) is 35.4 Å². The summed E-state index contributed by atoms with van der Waals surface area (Å²) in [6.07, 6.45) is 1.21. The van der Waals surface area contributed by atoms with Crippen LogP contribution in [0.3, 0.4) is 0 Å². The predicted octanol–water partition coefficient (Wildman–Crippen LogP) is 3.30. The molecule has 2 unspecified atom stereocenters. The van der Waals surface area contributed by atoms with Crippen molar-refractivity contribution >= 4 is 0 Å². The van der Waals surface area contributed by atoms with Gasteiger partial charge in [-0.3, -0.25) is 0 Å². The zero-order valence-electron chi connectivity index (χ0n) is 10.1. The minimum Gasteiger partial charge on any atom is -0.327 e. The molecule has 0 radical (unpaired) electrons. The number of nitrogens with two attached hydrogens (primary N) is 1. The molecule has 1 aromatic rings. The Labute approximate surface area is 101 Å². The van der Waals surface area contributed by atoms with E-state index in [-0.39, 0.29) is 24.8 Å². The molecule has 3 heteroatoms. The van der Waals surface area contributed by atoms with E-state index in [1.165, 1.54) is 5.56 Å². The second kappa shape index (κ2) is 4.73. The first-order chi connectivity index (χ1) is 7.96. The fourth-order valence-corrected chi connectivity index (χ4v) is 2.51. The van der Waals surface area contributed by atoms with E-state index in [1.807, 2.05) is 31.2 Å². The molecule has 0 aromatic heterocycles. The van der Waals surface area contributed by atoms with E-state index in [0.717, 1.165) is 5.56 Å². The van der Waals surface area contributed by atoms with E-state index in [9.17, 15) is 8.78 Å². The highest BCUT2D eigenvalue weighted by atomic mass is 19.3. The van der Waals surface area contributed by atoms with E-state index < -0.39 is 5.92 Å². The first kappa shape index (κ1) is 12.5. The zero-order chi connectivity index (χ0) is 12.5. The van der Waals surface area contributed by atoms with Crippen LogP contribution in [0.1, 0.15) is 30.4 Å². The van der Waals surface area contributed by atoms with E-state index >= 15 is 0 Å². The van der Waals surface area contributed by atoms with E-state index in [4.69, 9.17) is 5.73 Å². The van der Waals surface area contributed by atoms with Crippen molar-refractivity contribution in [1.82, 2.24) is 0 Å². The summed E-state index contributed by atoms with van der Waals surface area (Å²) in [5.74, 6) is -2.53. The molecule has 1 aliphatic carbocycles. The van der Waals surface area contributed by atoms with Gasteiger partial charge in [-0.1, -0.05) is 29.8 Å². The van der Waals surface area contributed by atoms with Gasteiger partial charge in [0.2, 0.25) is 5.92 Å². The van der Waals surface area contributed by atoms with E-state index in [2.05, 4.69) is 0 Å². The van der Waals surface area contributed by atoms with Crippen LogP contribution in [0.4, 0.5) is 8.78 Å². The van der Waals surface area contributed by atoms with Crippen LogP contribution in [0.15, 0.2) is 24.3 Å². The summed E-state index contributed by atoms with van der Waals surface area (Å²) in [5.41, 5.74) is 8.38. The normalized spacial score (nSPS) is 24.8. The highest BCUT2D eigenvalue weighted by Gasteiger charge is 2.41. The van der Waals surface area contributed by atoms with Crippen molar-refractivity contribution in [3.8, 4) is 0 Å². The Bertz CT molecular complexity index is 372. The predicted molar refractivity (Wildman–Crippen MR) is 65.1 cm³/mol. The molecular weight excluding hydrogens is 220 g/mol. The number of benzene rings is 1. The third-order valence-corrected chi connectivity index (χ3v) is 3.64. The van der Waals surface area contributed by atoms with Gasteiger partial charge in [-0.2, -0.15) is 0 Å². The molecule has 1 aliphatic rings. The summed E-state index contributed by atoms with van der Waals surface area (Å²) in [5, 5.41) is 0. The summed E-state index contributed by atoms with van der Waals surface area (Å²) in [6, 6.07) is 7.98. The molecule has 1 nitrogen and oxygen atoms in total. The summed E-state index contributed by atoms with van der Waals surface area (Å²) < 4.78 is 26.2. The average molecular weight is 239 g/mol. The fraction of sp³-hybridized carbons (Fsp3) is 0.571. The Kier molecular flexibility index (Phi) is 3.48.